The Labute approximate surface area is 109 Å². The lowest BCUT2D eigenvalue weighted by Crippen LogP contribution is -2.21. The lowest BCUT2D eigenvalue weighted by molar-refractivity contribution is 0.354. The van der Waals surface area contributed by atoms with E-state index in [1.807, 2.05) is 25.1 Å². The van der Waals surface area contributed by atoms with Gasteiger partial charge in [-0.05, 0) is 24.1 Å². The van der Waals surface area contributed by atoms with Crippen LogP contribution in [0.2, 0.25) is 0 Å². The monoisotopic (exact) mass is 248 g/mol. The smallest absolute Gasteiger partial charge is 0.161 e. The summed E-state index contributed by atoms with van der Waals surface area (Å²) in [7, 11) is 3.24. The third kappa shape index (κ3) is 3.94. The van der Waals surface area contributed by atoms with E-state index in [0.717, 1.165) is 30.0 Å². The Balaban J connectivity index is 2.55. The highest BCUT2D eigenvalue weighted by Crippen LogP contribution is 2.27. The van der Waals surface area contributed by atoms with Gasteiger partial charge in [0.15, 0.2) is 11.5 Å². The van der Waals surface area contributed by atoms with E-state index in [4.69, 9.17) is 14.7 Å². The third-order valence-corrected chi connectivity index (χ3v) is 2.84. The number of hydrogen-bond donors (Lipinski definition) is 1. The van der Waals surface area contributed by atoms with Crippen molar-refractivity contribution in [3.63, 3.8) is 0 Å². The van der Waals surface area contributed by atoms with Gasteiger partial charge >= 0.3 is 0 Å². The Morgan fingerprint density at radius 1 is 1.28 bits per heavy atom. The quantitative estimate of drug-likeness (QED) is 0.804. The topological polar surface area (TPSA) is 54.3 Å². The molecule has 0 radical (unpaired) electrons. The van der Waals surface area contributed by atoms with Crippen molar-refractivity contribution in [1.29, 1.82) is 5.26 Å². The summed E-state index contributed by atoms with van der Waals surface area (Å²) in [5, 5.41) is 12.1. The second-order valence-corrected chi connectivity index (χ2v) is 4.05. The largest absolute Gasteiger partial charge is 0.493 e. The predicted octanol–water partition coefficient (Wildman–Crippen LogP) is 2.34. The summed E-state index contributed by atoms with van der Waals surface area (Å²) in [6.45, 7) is 3.45. The molecule has 98 valence electrons. The molecule has 0 saturated heterocycles. The van der Waals surface area contributed by atoms with Crippen LogP contribution in [0, 0.1) is 17.2 Å². The first-order valence-electron chi connectivity index (χ1n) is 6.06. The third-order valence-electron chi connectivity index (χ3n) is 2.84. The molecular weight excluding hydrogens is 228 g/mol. The Hall–Kier alpha value is -1.73. The highest BCUT2D eigenvalue weighted by atomic mass is 16.5. The summed E-state index contributed by atoms with van der Waals surface area (Å²) in [6.07, 6.45) is 0.870. The van der Waals surface area contributed by atoms with Crippen molar-refractivity contribution in [1.82, 2.24) is 5.32 Å². The molecule has 1 unspecified atom stereocenters. The lowest BCUT2D eigenvalue weighted by atomic mass is 10.1. The Bertz CT molecular complexity index is 413. The molecular formula is C14H20N2O2. The zero-order valence-electron chi connectivity index (χ0n) is 11.2. The summed E-state index contributed by atoms with van der Waals surface area (Å²) in [4.78, 5) is 0. The van der Waals surface area contributed by atoms with E-state index in [1.165, 1.54) is 0 Å². The highest BCUT2D eigenvalue weighted by Gasteiger charge is 2.06. The second kappa shape index (κ2) is 7.57. The molecule has 4 heteroatoms. The van der Waals surface area contributed by atoms with Crippen LogP contribution in [0.15, 0.2) is 18.2 Å². The van der Waals surface area contributed by atoms with Crippen LogP contribution in [0.25, 0.3) is 0 Å². The van der Waals surface area contributed by atoms with Crippen LogP contribution in [0.3, 0.4) is 0 Å². The Morgan fingerprint density at radius 2 is 2.00 bits per heavy atom. The van der Waals surface area contributed by atoms with Crippen LogP contribution < -0.4 is 14.8 Å². The van der Waals surface area contributed by atoms with Gasteiger partial charge in [0.1, 0.15) is 0 Å². The maximum absolute atomic E-state index is 8.85. The molecule has 0 spiro atoms. The minimum Gasteiger partial charge on any atom is -0.493 e. The zero-order chi connectivity index (χ0) is 13.4. The van der Waals surface area contributed by atoms with Crippen molar-refractivity contribution in [2.45, 2.75) is 19.9 Å². The molecule has 0 bridgehead atoms. The van der Waals surface area contributed by atoms with Gasteiger partial charge in [0.2, 0.25) is 0 Å². The van der Waals surface area contributed by atoms with E-state index in [1.54, 1.807) is 14.2 Å². The van der Waals surface area contributed by atoms with Gasteiger partial charge < -0.3 is 14.8 Å². The molecule has 0 saturated carbocycles. The standard InChI is InChI=1S/C14H20N2O2/c1-4-11(8-15)9-16-10-12-5-6-13(17-2)14(7-12)18-3/h5-7,11,16H,4,9-10H2,1-3H3. The maximum Gasteiger partial charge on any atom is 0.161 e. The van der Waals surface area contributed by atoms with Crippen LogP contribution in [0.1, 0.15) is 18.9 Å². The molecule has 1 aromatic rings. The SMILES string of the molecule is CCC(C#N)CNCc1ccc(OC)c(OC)c1. The van der Waals surface area contributed by atoms with Gasteiger partial charge in [0.05, 0.1) is 26.2 Å². The minimum atomic E-state index is 0.0742. The van der Waals surface area contributed by atoms with Crippen molar-refractivity contribution in [3.05, 3.63) is 23.8 Å². The van der Waals surface area contributed by atoms with E-state index in [2.05, 4.69) is 11.4 Å². The van der Waals surface area contributed by atoms with E-state index in [-0.39, 0.29) is 5.92 Å². The molecule has 1 N–H and O–H groups in total. The maximum atomic E-state index is 8.85. The molecule has 1 aromatic carbocycles. The molecule has 0 aliphatic carbocycles. The molecule has 1 rings (SSSR count). The first-order valence-corrected chi connectivity index (χ1v) is 6.06. The summed E-state index contributed by atoms with van der Waals surface area (Å²) in [5.41, 5.74) is 1.11. The number of benzene rings is 1. The van der Waals surface area contributed by atoms with Crippen LogP contribution >= 0.6 is 0 Å². The summed E-state index contributed by atoms with van der Waals surface area (Å²) >= 11 is 0. The lowest BCUT2D eigenvalue weighted by Gasteiger charge is -2.11. The van der Waals surface area contributed by atoms with Gasteiger partial charge in [-0.3, -0.25) is 0 Å². The number of nitrogens with one attached hydrogen (secondary N) is 1. The number of ether oxygens (including phenoxy) is 2. The van der Waals surface area contributed by atoms with E-state index in [9.17, 15) is 0 Å². The normalized spacial score (nSPS) is 11.7. The fourth-order valence-corrected chi connectivity index (χ4v) is 1.66. The number of methoxy groups -OCH3 is 2. The van der Waals surface area contributed by atoms with Gasteiger partial charge in [0.25, 0.3) is 0 Å². The number of rotatable bonds is 7. The van der Waals surface area contributed by atoms with Crippen LogP contribution in [0.5, 0.6) is 11.5 Å². The first kappa shape index (κ1) is 14.3. The fourth-order valence-electron chi connectivity index (χ4n) is 1.66. The molecule has 0 aliphatic heterocycles. The van der Waals surface area contributed by atoms with Crippen molar-refractivity contribution in [2.75, 3.05) is 20.8 Å². The van der Waals surface area contributed by atoms with Crippen LogP contribution in [0.4, 0.5) is 0 Å². The van der Waals surface area contributed by atoms with Crippen molar-refractivity contribution in [2.24, 2.45) is 5.92 Å². The molecule has 4 nitrogen and oxygen atoms in total. The Morgan fingerprint density at radius 3 is 2.56 bits per heavy atom. The van der Waals surface area contributed by atoms with Gasteiger partial charge in [-0.1, -0.05) is 13.0 Å². The highest BCUT2D eigenvalue weighted by molar-refractivity contribution is 5.42. The summed E-state index contributed by atoms with van der Waals surface area (Å²) in [5.74, 6) is 1.53. The Kier molecular flexibility index (Phi) is 6.03. The molecule has 0 heterocycles. The van der Waals surface area contributed by atoms with Crippen molar-refractivity contribution >= 4 is 0 Å². The number of nitriles is 1. The molecule has 1 atom stereocenters. The molecule has 0 aromatic heterocycles. The average molecular weight is 248 g/mol. The van der Waals surface area contributed by atoms with Gasteiger partial charge in [-0.15, -0.1) is 0 Å². The van der Waals surface area contributed by atoms with E-state index >= 15 is 0 Å². The van der Waals surface area contributed by atoms with Gasteiger partial charge in [-0.25, -0.2) is 0 Å². The predicted molar refractivity (Wildman–Crippen MR) is 70.6 cm³/mol. The van der Waals surface area contributed by atoms with E-state index < -0.39 is 0 Å². The van der Waals surface area contributed by atoms with Crippen LogP contribution in [-0.2, 0) is 6.54 Å². The van der Waals surface area contributed by atoms with Crippen molar-refractivity contribution < 1.29 is 9.47 Å². The van der Waals surface area contributed by atoms with Gasteiger partial charge in [-0.2, -0.15) is 5.26 Å². The summed E-state index contributed by atoms with van der Waals surface area (Å²) in [6, 6.07) is 8.09. The molecule has 18 heavy (non-hydrogen) atoms. The number of nitrogens with zero attached hydrogens (tertiary/aromatic N) is 1. The molecule has 0 aliphatic rings. The second-order valence-electron chi connectivity index (χ2n) is 4.05. The van der Waals surface area contributed by atoms with Crippen LogP contribution in [-0.4, -0.2) is 20.8 Å². The average Bonchev–Trinajstić information content (AvgIpc) is 2.43. The summed E-state index contributed by atoms with van der Waals surface area (Å²) < 4.78 is 10.4. The van der Waals surface area contributed by atoms with E-state index in [0.29, 0.717) is 6.54 Å². The minimum absolute atomic E-state index is 0.0742. The van der Waals surface area contributed by atoms with Crippen molar-refractivity contribution in [3.8, 4) is 17.6 Å². The molecule has 0 amide bonds. The molecule has 0 fully saturated rings. The number of hydrogen-bond acceptors (Lipinski definition) is 4. The first-order chi connectivity index (χ1) is 8.74. The zero-order valence-corrected chi connectivity index (χ0v) is 11.2. The van der Waals surface area contributed by atoms with Gasteiger partial charge in [0, 0.05) is 13.1 Å². The fraction of sp³-hybridized carbons (Fsp3) is 0.500.